The Balaban J connectivity index is 4.08. The van der Waals surface area contributed by atoms with Gasteiger partial charge in [-0.15, -0.1) is 0 Å². The number of rotatable bonds is 14. The highest BCUT2D eigenvalue weighted by Crippen LogP contribution is 2.01. The molecule has 0 fully saturated rings. The highest BCUT2D eigenvalue weighted by Gasteiger charge is 2.12. The van der Waals surface area contributed by atoms with Crippen LogP contribution in [-0.4, -0.2) is 48.8 Å². The zero-order valence-electron chi connectivity index (χ0n) is 15.7. The summed E-state index contributed by atoms with van der Waals surface area (Å²) < 4.78 is 0. The zero-order chi connectivity index (χ0) is 18.2. The summed E-state index contributed by atoms with van der Waals surface area (Å²) in [6.07, 6.45) is 5.68. The Kier molecular flexibility index (Phi) is 14.0. The van der Waals surface area contributed by atoms with Crippen molar-refractivity contribution in [1.29, 1.82) is 0 Å². The van der Waals surface area contributed by atoms with E-state index in [2.05, 4.69) is 10.6 Å². The van der Waals surface area contributed by atoms with Crippen molar-refractivity contribution in [3.63, 3.8) is 0 Å². The van der Waals surface area contributed by atoms with Crippen molar-refractivity contribution in [1.82, 2.24) is 15.5 Å². The Hall–Kier alpha value is -1.59. The van der Waals surface area contributed by atoms with Gasteiger partial charge in [0.15, 0.2) is 0 Å². The molecule has 0 aromatic rings. The lowest BCUT2D eigenvalue weighted by Gasteiger charge is -2.23. The van der Waals surface area contributed by atoms with Crippen molar-refractivity contribution >= 4 is 17.7 Å². The number of carbonyl (C=O) groups excluding carboxylic acids is 3. The molecule has 140 valence electrons. The van der Waals surface area contributed by atoms with Gasteiger partial charge >= 0.3 is 0 Å². The summed E-state index contributed by atoms with van der Waals surface area (Å²) in [7, 11) is 0. The molecule has 0 rings (SSSR count). The summed E-state index contributed by atoms with van der Waals surface area (Å²) in [5.74, 6) is 0.294. The molecule has 0 aliphatic rings. The van der Waals surface area contributed by atoms with Crippen LogP contribution >= 0.6 is 0 Å². The predicted molar refractivity (Wildman–Crippen MR) is 96.6 cm³/mol. The van der Waals surface area contributed by atoms with Crippen LogP contribution in [0.3, 0.4) is 0 Å². The Bertz CT molecular complexity index is 347. The van der Waals surface area contributed by atoms with E-state index in [1.165, 1.54) is 0 Å². The lowest BCUT2D eigenvalue weighted by atomic mass is 10.2. The molecule has 0 unspecified atom stereocenters. The maximum Gasteiger partial charge on any atom is 0.222 e. The van der Waals surface area contributed by atoms with Crippen molar-refractivity contribution in [2.24, 2.45) is 0 Å². The normalized spacial score (nSPS) is 10.3. The van der Waals surface area contributed by atoms with Crippen molar-refractivity contribution in [3.8, 4) is 0 Å². The molecular weight excluding hydrogens is 306 g/mol. The van der Waals surface area contributed by atoms with Gasteiger partial charge in [0.25, 0.3) is 0 Å². The molecule has 0 aliphatic carbocycles. The van der Waals surface area contributed by atoms with Gasteiger partial charge in [-0.1, -0.05) is 20.8 Å². The topological polar surface area (TPSA) is 78.5 Å². The second-order valence-electron chi connectivity index (χ2n) is 6.04. The molecule has 0 aromatic carbocycles. The van der Waals surface area contributed by atoms with E-state index in [4.69, 9.17) is 0 Å². The molecule has 6 nitrogen and oxygen atoms in total. The fourth-order valence-corrected chi connectivity index (χ4v) is 2.36. The molecule has 0 atom stereocenters. The van der Waals surface area contributed by atoms with Crippen LogP contribution in [0.2, 0.25) is 0 Å². The number of nitrogens with one attached hydrogen (secondary N) is 2. The van der Waals surface area contributed by atoms with Crippen LogP contribution in [0.4, 0.5) is 0 Å². The van der Waals surface area contributed by atoms with Gasteiger partial charge in [-0.05, 0) is 32.1 Å². The van der Waals surface area contributed by atoms with Crippen LogP contribution in [0, 0.1) is 0 Å². The van der Waals surface area contributed by atoms with Crippen molar-refractivity contribution in [3.05, 3.63) is 0 Å². The van der Waals surface area contributed by atoms with Crippen LogP contribution in [0.5, 0.6) is 0 Å². The van der Waals surface area contributed by atoms with Gasteiger partial charge < -0.3 is 15.5 Å². The summed E-state index contributed by atoms with van der Waals surface area (Å²) in [6.45, 7) is 8.44. The van der Waals surface area contributed by atoms with Crippen LogP contribution in [0.25, 0.3) is 0 Å². The SMILES string of the molecule is CCCC(=O)NCCCN(CCCNC(=O)CCC)C(=O)CCC. The monoisotopic (exact) mass is 341 g/mol. The summed E-state index contributed by atoms with van der Waals surface area (Å²) in [4.78, 5) is 36.8. The minimum absolute atomic E-state index is 0.0718. The number of carbonyl (C=O) groups is 3. The Labute approximate surface area is 146 Å². The first-order valence-corrected chi connectivity index (χ1v) is 9.36. The minimum atomic E-state index is 0.0718. The van der Waals surface area contributed by atoms with E-state index < -0.39 is 0 Å². The molecule has 0 aromatic heterocycles. The molecule has 0 saturated heterocycles. The van der Waals surface area contributed by atoms with Crippen molar-refractivity contribution in [2.45, 2.75) is 72.1 Å². The summed E-state index contributed by atoms with van der Waals surface area (Å²) in [5, 5.41) is 5.74. The molecule has 0 radical (unpaired) electrons. The predicted octanol–water partition coefficient (Wildman–Crippen LogP) is 2.23. The Morgan fingerprint density at radius 3 is 1.50 bits per heavy atom. The summed E-state index contributed by atoms with van der Waals surface area (Å²) >= 11 is 0. The average Bonchev–Trinajstić information content (AvgIpc) is 2.54. The van der Waals surface area contributed by atoms with E-state index in [-0.39, 0.29) is 17.7 Å². The smallest absolute Gasteiger partial charge is 0.222 e. The van der Waals surface area contributed by atoms with E-state index in [0.717, 1.165) is 32.1 Å². The standard InChI is InChI=1S/C18H35N3O3/c1-4-9-16(22)19-12-7-14-21(18(24)11-6-3)15-8-13-20-17(23)10-5-2/h4-15H2,1-3H3,(H,19,22)(H,20,23). The molecule has 24 heavy (non-hydrogen) atoms. The van der Waals surface area contributed by atoms with Gasteiger partial charge in [-0.2, -0.15) is 0 Å². The minimum Gasteiger partial charge on any atom is -0.356 e. The van der Waals surface area contributed by atoms with E-state index in [0.29, 0.717) is 45.4 Å². The first kappa shape index (κ1) is 22.4. The van der Waals surface area contributed by atoms with Gasteiger partial charge in [0.1, 0.15) is 0 Å². The van der Waals surface area contributed by atoms with E-state index in [9.17, 15) is 14.4 Å². The highest BCUT2D eigenvalue weighted by molar-refractivity contribution is 5.77. The molecule has 0 heterocycles. The molecule has 2 N–H and O–H groups in total. The molecule has 3 amide bonds. The third-order valence-corrected chi connectivity index (χ3v) is 3.62. The second-order valence-corrected chi connectivity index (χ2v) is 6.04. The molecule has 0 saturated carbocycles. The summed E-state index contributed by atoms with van der Waals surface area (Å²) in [6, 6.07) is 0. The maximum absolute atomic E-state index is 12.2. The molecule has 0 spiro atoms. The van der Waals surface area contributed by atoms with Crippen LogP contribution < -0.4 is 10.6 Å². The first-order valence-electron chi connectivity index (χ1n) is 9.36. The second kappa shape index (κ2) is 15.0. The van der Waals surface area contributed by atoms with Crippen molar-refractivity contribution in [2.75, 3.05) is 26.2 Å². The van der Waals surface area contributed by atoms with Crippen LogP contribution in [-0.2, 0) is 14.4 Å². The lowest BCUT2D eigenvalue weighted by Crippen LogP contribution is -2.36. The summed E-state index contributed by atoms with van der Waals surface area (Å²) in [5.41, 5.74) is 0. The third-order valence-electron chi connectivity index (χ3n) is 3.62. The fraction of sp³-hybridized carbons (Fsp3) is 0.833. The first-order chi connectivity index (χ1) is 11.5. The van der Waals surface area contributed by atoms with E-state index in [1.54, 1.807) is 0 Å². The maximum atomic E-state index is 12.2. The van der Waals surface area contributed by atoms with E-state index >= 15 is 0 Å². The number of hydrogen-bond donors (Lipinski definition) is 2. The van der Waals surface area contributed by atoms with Gasteiger partial charge in [0, 0.05) is 45.4 Å². The zero-order valence-corrected chi connectivity index (χ0v) is 15.7. The number of nitrogens with zero attached hydrogens (tertiary/aromatic N) is 1. The van der Waals surface area contributed by atoms with Gasteiger partial charge in [-0.3, -0.25) is 14.4 Å². The van der Waals surface area contributed by atoms with Crippen LogP contribution in [0.1, 0.15) is 72.1 Å². The molecular formula is C18H35N3O3. The lowest BCUT2D eigenvalue weighted by molar-refractivity contribution is -0.131. The Morgan fingerprint density at radius 1 is 0.708 bits per heavy atom. The fourth-order valence-electron chi connectivity index (χ4n) is 2.36. The quantitative estimate of drug-likeness (QED) is 0.476. The average molecular weight is 341 g/mol. The van der Waals surface area contributed by atoms with Gasteiger partial charge in [-0.25, -0.2) is 0 Å². The van der Waals surface area contributed by atoms with E-state index in [1.807, 2.05) is 25.7 Å². The molecule has 6 heteroatoms. The Morgan fingerprint density at radius 2 is 1.12 bits per heavy atom. The van der Waals surface area contributed by atoms with Crippen molar-refractivity contribution < 1.29 is 14.4 Å². The molecule has 0 bridgehead atoms. The van der Waals surface area contributed by atoms with Gasteiger partial charge in [0.2, 0.25) is 17.7 Å². The number of hydrogen-bond acceptors (Lipinski definition) is 3. The highest BCUT2D eigenvalue weighted by atomic mass is 16.2. The largest absolute Gasteiger partial charge is 0.356 e. The number of amides is 3. The van der Waals surface area contributed by atoms with Crippen LogP contribution in [0.15, 0.2) is 0 Å². The van der Waals surface area contributed by atoms with Gasteiger partial charge in [0.05, 0.1) is 0 Å². The third kappa shape index (κ3) is 11.9. The molecule has 0 aliphatic heterocycles.